The fraction of sp³-hybridized carbons (Fsp3) is 0.615. The minimum Gasteiger partial charge on any atom is -0.378 e. The SMILES string of the molecule is O=C(c1nn([C@H]2CCCN(CCN3CC[C@@H](F)C3)C2)c2c1CS(=O)(=O)c1ccccc1-2)N1CCOCC1. The summed E-state index contributed by atoms with van der Waals surface area (Å²) in [7, 11) is -3.59. The molecule has 2 atom stereocenters. The summed E-state index contributed by atoms with van der Waals surface area (Å²) in [5.41, 5.74) is 2.14. The monoisotopic (exact) mass is 531 g/mol. The van der Waals surface area contributed by atoms with Crippen LogP contribution < -0.4 is 0 Å². The van der Waals surface area contributed by atoms with Gasteiger partial charge in [0.25, 0.3) is 5.91 Å². The molecule has 200 valence electrons. The Bertz CT molecular complexity index is 1280. The van der Waals surface area contributed by atoms with Crippen LogP contribution >= 0.6 is 0 Å². The maximum Gasteiger partial charge on any atom is 0.274 e. The van der Waals surface area contributed by atoms with Gasteiger partial charge in [0.2, 0.25) is 0 Å². The third kappa shape index (κ3) is 4.82. The van der Waals surface area contributed by atoms with Crippen molar-refractivity contribution in [3.8, 4) is 11.3 Å². The van der Waals surface area contributed by atoms with Crippen molar-refractivity contribution in [1.29, 1.82) is 0 Å². The molecule has 0 spiro atoms. The zero-order chi connectivity index (χ0) is 25.6. The van der Waals surface area contributed by atoms with Gasteiger partial charge >= 0.3 is 0 Å². The number of halogens is 1. The van der Waals surface area contributed by atoms with Gasteiger partial charge < -0.3 is 9.64 Å². The third-order valence-corrected chi connectivity index (χ3v) is 9.79. The molecule has 11 heteroatoms. The van der Waals surface area contributed by atoms with E-state index in [1.165, 1.54) is 0 Å². The quantitative estimate of drug-likeness (QED) is 0.583. The molecule has 6 rings (SSSR count). The molecule has 0 unspecified atom stereocenters. The number of likely N-dealkylation sites (tertiary alicyclic amines) is 2. The van der Waals surface area contributed by atoms with Crippen LogP contribution in [-0.4, -0.2) is 111 Å². The molecule has 4 aliphatic rings. The smallest absolute Gasteiger partial charge is 0.274 e. The molecule has 3 saturated heterocycles. The van der Waals surface area contributed by atoms with E-state index in [0.29, 0.717) is 55.3 Å². The minimum absolute atomic E-state index is 0.0232. The summed E-state index contributed by atoms with van der Waals surface area (Å²) in [6.45, 7) is 6.63. The number of ether oxygens (including phenoxy) is 1. The highest BCUT2D eigenvalue weighted by atomic mass is 32.2. The second kappa shape index (κ2) is 10.1. The number of hydrogen-bond donors (Lipinski definition) is 0. The van der Waals surface area contributed by atoms with E-state index >= 15 is 0 Å². The highest BCUT2D eigenvalue weighted by Gasteiger charge is 2.39. The van der Waals surface area contributed by atoms with Gasteiger partial charge in [-0.15, -0.1) is 0 Å². The van der Waals surface area contributed by atoms with E-state index in [4.69, 9.17) is 9.84 Å². The van der Waals surface area contributed by atoms with Gasteiger partial charge in [-0.1, -0.05) is 18.2 Å². The Labute approximate surface area is 217 Å². The number of nitrogens with zero attached hydrogens (tertiary/aromatic N) is 5. The Kier molecular flexibility index (Phi) is 6.81. The highest BCUT2D eigenvalue weighted by molar-refractivity contribution is 7.90. The average molecular weight is 532 g/mol. The fourth-order valence-corrected chi connectivity index (χ4v) is 7.74. The maximum atomic E-state index is 13.6. The Morgan fingerprint density at radius 3 is 2.54 bits per heavy atom. The molecule has 0 aliphatic carbocycles. The van der Waals surface area contributed by atoms with Gasteiger partial charge in [0, 0.05) is 56.9 Å². The summed E-state index contributed by atoms with van der Waals surface area (Å²) in [6.07, 6.45) is 1.78. The molecule has 9 nitrogen and oxygen atoms in total. The van der Waals surface area contributed by atoms with Crippen LogP contribution in [0.4, 0.5) is 4.39 Å². The normalized spacial score (nSPS) is 26.1. The summed E-state index contributed by atoms with van der Waals surface area (Å²) in [4.78, 5) is 20.2. The molecule has 1 amide bonds. The molecule has 0 N–H and O–H groups in total. The van der Waals surface area contributed by atoms with Crippen molar-refractivity contribution in [1.82, 2.24) is 24.5 Å². The lowest BCUT2D eigenvalue weighted by Gasteiger charge is -2.35. The van der Waals surface area contributed by atoms with Crippen LogP contribution in [-0.2, 0) is 20.3 Å². The van der Waals surface area contributed by atoms with E-state index in [1.807, 2.05) is 16.8 Å². The molecule has 1 aromatic carbocycles. The topological polar surface area (TPSA) is 88.0 Å². The van der Waals surface area contributed by atoms with E-state index in [-0.39, 0.29) is 23.4 Å². The number of carbonyl (C=O) groups excluding carboxylic acids is 1. The van der Waals surface area contributed by atoms with Crippen molar-refractivity contribution in [2.75, 3.05) is 65.6 Å². The number of aromatic nitrogens is 2. The van der Waals surface area contributed by atoms with Crippen LogP contribution in [0, 0.1) is 0 Å². The molecule has 3 fully saturated rings. The summed E-state index contributed by atoms with van der Waals surface area (Å²) < 4.78 is 47.4. The Hall–Kier alpha value is -2.34. The first-order chi connectivity index (χ1) is 17.9. The molecule has 1 aromatic heterocycles. The van der Waals surface area contributed by atoms with E-state index < -0.39 is 16.0 Å². The first kappa shape index (κ1) is 25.0. The summed E-state index contributed by atoms with van der Waals surface area (Å²) in [5, 5.41) is 4.87. The number of morpholine rings is 1. The lowest BCUT2D eigenvalue weighted by atomic mass is 10.0. The van der Waals surface area contributed by atoms with Crippen molar-refractivity contribution in [2.24, 2.45) is 0 Å². The highest BCUT2D eigenvalue weighted by Crippen LogP contribution is 2.41. The van der Waals surface area contributed by atoms with Gasteiger partial charge in [0.05, 0.1) is 35.6 Å². The summed E-state index contributed by atoms with van der Waals surface area (Å²) >= 11 is 0. The number of rotatable bonds is 5. The van der Waals surface area contributed by atoms with Crippen LogP contribution in [0.2, 0.25) is 0 Å². The minimum atomic E-state index is -3.59. The Balaban J connectivity index is 1.33. The van der Waals surface area contributed by atoms with Crippen molar-refractivity contribution in [2.45, 2.75) is 42.1 Å². The van der Waals surface area contributed by atoms with E-state index in [9.17, 15) is 17.6 Å². The van der Waals surface area contributed by atoms with Gasteiger partial charge in [0.15, 0.2) is 15.5 Å². The molecule has 4 aliphatic heterocycles. The van der Waals surface area contributed by atoms with Crippen LogP contribution in [0.25, 0.3) is 11.3 Å². The number of sulfone groups is 1. The van der Waals surface area contributed by atoms with Crippen LogP contribution in [0.1, 0.15) is 41.4 Å². The van der Waals surface area contributed by atoms with Gasteiger partial charge in [-0.05, 0) is 31.9 Å². The van der Waals surface area contributed by atoms with E-state index in [2.05, 4.69) is 9.80 Å². The number of amides is 1. The average Bonchev–Trinajstić information content (AvgIpc) is 3.51. The number of fused-ring (bicyclic) bond motifs is 3. The molecule has 2 aromatic rings. The second-order valence-corrected chi connectivity index (χ2v) is 12.5. The van der Waals surface area contributed by atoms with Crippen molar-refractivity contribution in [3.05, 3.63) is 35.5 Å². The molecule has 0 radical (unpaired) electrons. The van der Waals surface area contributed by atoms with Crippen LogP contribution in [0.5, 0.6) is 0 Å². The van der Waals surface area contributed by atoms with Crippen LogP contribution in [0.15, 0.2) is 29.2 Å². The van der Waals surface area contributed by atoms with E-state index in [0.717, 1.165) is 51.3 Å². The van der Waals surface area contributed by atoms with Crippen molar-refractivity contribution >= 4 is 15.7 Å². The Morgan fingerprint density at radius 2 is 1.78 bits per heavy atom. The number of benzene rings is 1. The van der Waals surface area contributed by atoms with E-state index in [1.54, 1.807) is 17.0 Å². The fourth-order valence-electron chi connectivity index (χ4n) is 6.15. The molecule has 5 heterocycles. The number of piperidine rings is 1. The lowest BCUT2D eigenvalue weighted by Crippen LogP contribution is -2.42. The first-order valence-corrected chi connectivity index (χ1v) is 15.0. The van der Waals surface area contributed by atoms with Crippen molar-refractivity contribution < 1.29 is 22.3 Å². The molecule has 37 heavy (non-hydrogen) atoms. The van der Waals surface area contributed by atoms with Crippen molar-refractivity contribution in [3.63, 3.8) is 0 Å². The number of carbonyl (C=O) groups is 1. The van der Waals surface area contributed by atoms with Crippen LogP contribution in [0.3, 0.4) is 0 Å². The van der Waals surface area contributed by atoms with Gasteiger partial charge in [-0.25, -0.2) is 12.8 Å². The molecule has 0 bridgehead atoms. The van der Waals surface area contributed by atoms with Gasteiger partial charge in [-0.2, -0.15) is 5.10 Å². The lowest BCUT2D eigenvalue weighted by molar-refractivity contribution is 0.0297. The maximum absolute atomic E-state index is 13.6. The van der Waals surface area contributed by atoms with Gasteiger partial charge in [0.1, 0.15) is 6.17 Å². The number of alkyl halides is 1. The largest absolute Gasteiger partial charge is 0.378 e. The predicted octanol–water partition coefficient (Wildman–Crippen LogP) is 1.99. The zero-order valence-electron chi connectivity index (χ0n) is 21.0. The first-order valence-electron chi connectivity index (χ1n) is 13.3. The van der Waals surface area contributed by atoms with Gasteiger partial charge in [-0.3, -0.25) is 19.3 Å². The zero-order valence-corrected chi connectivity index (χ0v) is 21.8. The molecular formula is C26H34FN5O4S. The Morgan fingerprint density at radius 1 is 1.03 bits per heavy atom. The standard InChI is InChI=1S/C26H34FN5O4S/c27-19-7-9-30(16-19)11-10-29-8-3-4-20(17-29)32-25-21-5-1-2-6-23(21)37(34,35)18-22(25)24(28-32)26(33)31-12-14-36-15-13-31/h1-2,5-6,19-20H,3-4,7-18H2/t19-,20+/m1/s1. The summed E-state index contributed by atoms with van der Waals surface area (Å²) in [5.74, 6) is -0.448. The second-order valence-electron chi connectivity index (χ2n) is 10.6. The molecular weight excluding hydrogens is 497 g/mol. The number of hydrogen-bond acceptors (Lipinski definition) is 7. The summed E-state index contributed by atoms with van der Waals surface area (Å²) in [6, 6.07) is 7.08. The predicted molar refractivity (Wildman–Crippen MR) is 136 cm³/mol. The molecule has 0 saturated carbocycles. The third-order valence-electron chi connectivity index (χ3n) is 8.09.